The Balaban J connectivity index is 1.80. The Bertz CT molecular complexity index is 699. The largest absolute Gasteiger partial charge is 0.332 e. The number of nitrogens with one attached hydrogen (secondary N) is 1. The van der Waals surface area contributed by atoms with E-state index in [2.05, 4.69) is 34.4 Å². The fourth-order valence-corrected chi connectivity index (χ4v) is 2.64. The summed E-state index contributed by atoms with van der Waals surface area (Å²) >= 11 is 1.61. The van der Waals surface area contributed by atoms with E-state index in [1.807, 2.05) is 48.5 Å². The highest BCUT2D eigenvalue weighted by Gasteiger charge is 2.04. The van der Waals surface area contributed by atoms with Crippen molar-refractivity contribution in [1.82, 2.24) is 4.98 Å². The van der Waals surface area contributed by atoms with Gasteiger partial charge in [0.15, 0.2) is 5.13 Å². The minimum atomic E-state index is 0.902. The van der Waals surface area contributed by atoms with E-state index in [4.69, 9.17) is 0 Å². The Morgan fingerprint density at radius 1 is 1.00 bits per heavy atom. The molecule has 98 valence electrons. The number of hydrogen-bond donors (Lipinski definition) is 1. The molecule has 2 aromatic carbocycles. The van der Waals surface area contributed by atoms with E-state index in [1.54, 1.807) is 11.3 Å². The number of para-hydroxylation sites is 1. The lowest BCUT2D eigenvalue weighted by molar-refractivity contribution is 1.38. The third-order valence-corrected chi connectivity index (χ3v) is 3.73. The molecule has 1 aromatic heterocycles. The first kappa shape index (κ1) is 12.6. The topological polar surface area (TPSA) is 24.9 Å². The van der Waals surface area contributed by atoms with Crippen molar-refractivity contribution in [2.45, 2.75) is 0 Å². The number of thiazole rings is 1. The Labute approximate surface area is 122 Å². The second kappa shape index (κ2) is 5.72. The van der Waals surface area contributed by atoms with E-state index >= 15 is 0 Å². The fraction of sp³-hybridized carbons (Fsp3) is 0. The average Bonchev–Trinajstić information content (AvgIpc) is 2.97. The molecular formula is C17H14N2S. The Kier molecular flexibility index (Phi) is 3.61. The monoisotopic (exact) mass is 278 g/mol. The van der Waals surface area contributed by atoms with Gasteiger partial charge in [0.05, 0.1) is 5.69 Å². The van der Waals surface area contributed by atoms with Gasteiger partial charge in [0.2, 0.25) is 0 Å². The lowest BCUT2D eigenvalue weighted by Crippen LogP contribution is -1.88. The standard InChI is InChI=1S/C17H14N2S/c1-2-13-8-10-14(11-9-13)16-12-20-17(19-16)18-15-6-4-3-5-7-15/h2-12H,1H2,(H,18,19). The summed E-state index contributed by atoms with van der Waals surface area (Å²) in [5.74, 6) is 0. The maximum atomic E-state index is 4.61. The predicted octanol–water partition coefficient (Wildman–Crippen LogP) is 5.20. The molecule has 3 aromatic rings. The molecule has 0 radical (unpaired) electrons. The minimum absolute atomic E-state index is 0.902. The number of benzene rings is 2. The summed E-state index contributed by atoms with van der Waals surface area (Å²) in [6.45, 7) is 3.76. The molecule has 1 heterocycles. The highest BCUT2D eigenvalue weighted by atomic mass is 32.1. The zero-order chi connectivity index (χ0) is 13.8. The molecular weight excluding hydrogens is 264 g/mol. The van der Waals surface area contributed by atoms with Gasteiger partial charge in [-0.2, -0.15) is 0 Å². The molecule has 0 aliphatic rings. The van der Waals surface area contributed by atoms with Crippen LogP contribution in [0.25, 0.3) is 17.3 Å². The van der Waals surface area contributed by atoms with Gasteiger partial charge in [-0.1, -0.05) is 55.1 Å². The SMILES string of the molecule is C=Cc1ccc(-c2csc(Nc3ccccc3)n2)cc1. The van der Waals surface area contributed by atoms with Crippen molar-refractivity contribution in [3.8, 4) is 11.3 Å². The quantitative estimate of drug-likeness (QED) is 0.709. The van der Waals surface area contributed by atoms with E-state index in [0.717, 1.165) is 27.6 Å². The molecule has 2 nitrogen and oxygen atoms in total. The number of rotatable bonds is 4. The zero-order valence-corrected chi connectivity index (χ0v) is 11.7. The molecule has 0 fully saturated rings. The fourth-order valence-electron chi connectivity index (χ4n) is 1.90. The van der Waals surface area contributed by atoms with Crippen molar-refractivity contribution in [2.24, 2.45) is 0 Å². The summed E-state index contributed by atoms with van der Waals surface area (Å²) in [5.41, 5.74) is 4.28. The average molecular weight is 278 g/mol. The van der Waals surface area contributed by atoms with Gasteiger partial charge in [0.25, 0.3) is 0 Å². The highest BCUT2D eigenvalue weighted by Crippen LogP contribution is 2.27. The summed E-state index contributed by atoms with van der Waals surface area (Å²) in [6, 6.07) is 18.3. The van der Waals surface area contributed by atoms with Gasteiger partial charge in [-0.05, 0) is 17.7 Å². The molecule has 0 saturated heterocycles. The Morgan fingerprint density at radius 3 is 2.45 bits per heavy atom. The van der Waals surface area contributed by atoms with Gasteiger partial charge >= 0.3 is 0 Å². The first-order valence-electron chi connectivity index (χ1n) is 6.35. The molecule has 0 spiro atoms. The van der Waals surface area contributed by atoms with Crippen LogP contribution < -0.4 is 5.32 Å². The van der Waals surface area contributed by atoms with E-state index in [0.29, 0.717) is 0 Å². The third-order valence-electron chi connectivity index (χ3n) is 2.97. The van der Waals surface area contributed by atoms with Crippen LogP contribution in [0.5, 0.6) is 0 Å². The predicted molar refractivity (Wildman–Crippen MR) is 87.4 cm³/mol. The van der Waals surface area contributed by atoms with Crippen LogP contribution in [0.3, 0.4) is 0 Å². The van der Waals surface area contributed by atoms with Crippen molar-refractivity contribution in [1.29, 1.82) is 0 Å². The maximum absolute atomic E-state index is 4.61. The van der Waals surface area contributed by atoms with Crippen LogP contribution >= 0.6 is 11.3 Å². The first-order valence-corrected chi connectivity index (χ1v) is 7.23. The molecule has 1 N–H and O–H groups in total. The second-order valence-electron chi connectivity index (χ2n) is 4.36. The molecule has 0 amide bonds. The lowest BCUT2D eigenvalue weighted by Gasteiger charge is -2.01. The highest BCUT2D eigenvalue weighted by molar-refractivity contribution is 7.14. The summed E-state index contributed by atoms with van der Waals surface area (Å²) in [4.78, 5) is 4.61. The van der Waals surface area contributed by atoms with Crippen molar-refractivity contribution >= 4 is 28.2 Å². The number of aromatic nitrogens is 1. The van der Waals surface area contributed by atoms with Gasteiger partial charge in [0, 0.05) is 16.6 Å². The summed E-state index contributed by atoms with van der Waals surface area (Å²) < 4.78 is 0. The van der Waals surface area contributed by atoms with Crippen LogP contribution in [0.4, 0.5) is 10.8 Å². The summed E-state index contributed by atoms with van der Waals surface area (Å²) in [7, 11) is 0. The Hall–Kier alpha value is -2.39. The molecule has 0 bridgehead atoms. The molecule has 3 rings (SSSR count). The maximum Gasteiger partial charge on any atom is 0.187 e. The van der Waals surface area contributed by atoms with Gasteiger partial charge in [-0.3, -0.25) is 0 Å². The Morgan fingerprint density at radius 2 is 1.75 bits per heavy atom. The van der Waals surface area contributed by atoms with Gasteiger partial charge in [0.1, 0.15) is 0 Å². The van der Waals surface area contributed by atoms with E-state index in [1.165, 1.54) is 0 Å². The van der Waals surface area contributed by atoms with Crippen LogP contribution in [-0.2, 0) is 0 Å². The molecule has 3 heteroatoms. The normalized spacial score (nSPS) is 10.2. The van der Waals surface area contributed by atoms with Crippen molar-refractivity contribution in [3.63, 3.8) is 0 Å². The summed E-state index contributed by atoms with van der Waals surface area (Å²) in [6.07, 6.45) is 1.84. The van der Waals surface area contributed by atoms with Crippen molar-refractivity contribution in [2.75, 3.05) is 5.32 Å². The van der Waals surface area contributed by atoms with Gasteiger partial charge in [-0.15, -0.1) is 11.3 Å². The van der Waals surface area contributed by atoms with E-state index < -0.39 is 0 Å². The van der Waals surface area contributed by atoms with E-state index in [9.17, 15) is 0 Å². The molecule has 0 atom stereocenters. The lowest BCUT2D eigenvalue weighted by atomic mass is 10.1. The minimum Gasteiger partial charge on any atom is -0.332 e. The molecule has 0 saturated carbocycles. The summed E-state index contributed by atoms with van der Waals surface area (Å²) in [5, 5.41) is 6.27. The van der Waals surface area contributed by atoms with Crippen molar-refractivity contribution < 1.29 is 0 Å². The first-order chi connectivity index (χ1) is 9.85. The zero-order valence-electron chi connectivity index (χ0n) is 10.9. The number of hydrogen-bond acceptors (Lipinski definition) is 3. The molecule has 0 aliphatic heterocycles. The van der Waals surface area contributed by atoms with Gasteiger partial charge < -0.3 is 5.32 Å². The second-order valence-corrected chi connectivity index (χ2v) is 5.21. The van der Waals surface area contributed by atoms with Crippen LogP contribution in [-0.4, -0.2) is 4.98 Å². The van der Waals surface area contributed by atoms with Crippen LogP contribution in [0.15, 0.2) is 66.6 Å². The van der Waals surface area contributed by atoms with Crippen LogP contribution in [0.1, 0.15) is 5.56 Å². The molecule has 0 aliphatic carbocycles. The smallest absolute Gasteiger partial charge is 0.187 e. The van der Waals surface area contributed by atoms with E-state index in [-0.39, 0.29) is 0 Å². The van der Waals surface area contributed by atoms with Gasteiger partial charge in [-0.25, -0.2) is 4.98 Å². The number of nitrogens with zero attached hydrogens (tertiary/aromatic N) is 1. The molecule has 20 heavy (non-hydrogen) atoms. The van der Waals surface area contributed by atoms with Crippen LogP contribution in [0, 0.1) is 0 Å². The van der Waals surface area contributed by atoms with Crippen molar-refractivity contribution in [3.05, 3.63) is 72.1 Å². The third kappa shape index (κ3) is 2.78. The van der Waals surface area contributed by atoms with Crippen LogP contribution in [0.2, 0.25) is 0 Å². The number of anilines is 2. The molecule has 0 unspecified atom stereocenters.